The van der Waals surface area contributed by atoms with Crippen LogP contribution in [0.15, 0.2) is 51.7 Å². The summed E-state index contributed by atoms with van der Waals surface area (Å²) in [5, 5.41) is 0. The van der Waals surface area contributed by atoms with Gasteiger partial charge in [-0.3, -0.25) is 4.79 Å². The van der Waals surface area contributed by atoms with E-state index in [1.165, 1.54) is 12.1 Å². The van der Waals surface area contributed by atoms with Crippen molar-refractivity contribution in [1.82, 2.24) is 9.97 Å². The molecule has 1 aromatic heterocycles. The highest BCUT2D eigenvalue weighted by atomic mass is 79.9. The van der Waals surface area contributed by atoms with Crippen molar-refractivity contribution >= 4 is 38.8 Å². The maximum Gasteiger partial charge on any atom is 0.323 e. The molecule has 0 aliphatic rings. The number of halogens is 2. The molecular formula is C16H10BrFN2O2. The molecule has 0 aliphatic carbocycles. The van der Waals surface area contributed by atoms with E-state index in [4.69, 9.17) is 0 Å². The number of H-pyrrole nitrogens is 2. The van der Waals surface area contributed by atoms with Gasteiger partial charge in [-0.15, -0.1) is 0 Å². The van der Waals surface area contributed by atoms with Gasteiger partial charge in [-0.25, -0.2) is 9.18 Å². The summed E-state index contributed by atoms with van der Waals surface area (Å²) in [7, 11) is 0. The number of hydrogen-bond donors (Lipinski definition) is 2. The van der Waals surface area contributed by atoms with E-state index in [0.29, 0.717) is 26.6 Å². The molecule has 1 heterocycles. The second-order valence-corrected chi connectivity index (χ2v) is 5.56. The summed E-state index contributed by atoms with van der Waals surface area (Å²) in [6.45, 7) is 0. The zero-order valence-electron chi connectivity index (χ0n) is 11.2. The molecule has 3 aromatic rings. The smallest absolute Gasteiger partial charge is 0.306 e. The van der Waals surface area contributed by atoms with Crippen molar-refractivity contribution in [1.29, 1.82) is 0 Å². The first-order chi connectivity index (χ1) is 10.5. The minimum atomic E-state index is -0.356. The average Bonchev–Trinajstić information content (AvgIpc) is 2.87. The Morgan fingerprint density at radius 3 is 2.64 bits per heavy atom. The predicted molar refractivity (Wildman–Crippen MR) is 86.4 cm³/mol. The van der Waals surface area contributed by atoms with Crippen LogP contribution in [-0.4, -0.2) is 15.8 Å². The zero-order valence-corrected chi connectivity index (χ0v) is 12.8. The number of benzene rings is 2. The van der Waals surface area contributed by atoms with Gasteiger partial charge in [-0.05, 0) is 57.9 Å². The molecule has 0 saturated carbocycles. The number of imidazole rings is 1. The molecule has 0 unspecified atom stereocenters. The van der Waals surface area contributed by atoms with Crippen molar-refractivity contribution in [2.45, 2.75) is 0 Å². The van der Waals surface area contributed by atoms with Crippen LogP contribution in [-0.2, 0) is 0 Å². The first-order valence-electron chi connectivity index (χ1n) is 6.42. The normalized spacial score (nSPS) is 11.4. The van der Waals surface area contributed by atoms with Gasteiger partial charge in [0.15, 0.2) is 5.78 Å². The number of fused-ring (bicyclic) bond motifs is 1. The molecule has 0 spiro atoms. The molecule has 110 valence electrons. The molecule has 3 rings (SSSR count). The quantitative estimate of drug-likeness (QED) is 0.552. The molecule has 6 heteroatoms. The Labute approximate surface area is 132 Å². The van der Waals surface area contributed by atoms with E-state index in [2.05, 4.69) is 25.9 Å². The number of carbonyl (C=O) groups is 1. The van der Waals surface area contributed by atoms with Gasteiger partial charge in [0.2, 0.25) is 0 Å². The summed E-state index contributed by atoms with van der Waals surface area (Å²) in [6.07, 6.45) is 3.02. The van der Waals surface area contributed by atoms with E-state index in [9.17, 15) is 14.0 Å². The number of aromatic amines is 2. The van der Waals surface area contributed by atoms with Crippen LogP contribution >= 0.6 is 15.9 Å². The third kappa shape index (κ3) is 2.92. The van der Waals surface area contributed by atoms with E-state index < -0.39 is 0 Å². The lowest BCUT2D eigenvalue weighted by Crippen LogP contribution is -1.99. The van der Waals surface area contributed by atoms with Crippen LogP contribution < -0.4 is 5.69 Å². The molecule has 0 amide bonds. The van der Waals surface area contributed by atoms with Gasteiger partial charge < -0.3 is 9.97 Å². The zero-order chi connectivity index (χ0) is 15.7. The van der Waals surface area contributed by atoms with Crippen molar-refractivity contribution < 1.29 is 9.18 Å². The van der Waals surface area contributed by atoms with E-state index in [1.807, 2.05) is 0 Å². The Morgan fingerprint density at radius 1 is 1.09 bits per heavy atom. The molecule has 4 nitrogen and oxygen atoms in total. The Hall–Kier alpha value is -2.47. The fraction of sp³-hybridized carbons (Fsp3) is 0. The lowest BCUT2D eigenvalue weighted by atomic mass is 10.1. The lowest BCUT2D eigenvalue weighted by molar-refractivity contribution is 0.104. The minimum Gasteiger partial charge on any atom is -0.306 e. The second kappa shape index (κ2) is 5.73. The number of nitrogens with one attached hydrogen (secondary N) is 2. The molecule has 2 N–H and O–H groups in total. The fourth-order valence-electron chi connectivity index (χ4n) is 2.07. The second-order valence-electron chi connectivity index (χ2n) is 4.71. The van der Waals surface area contributed by atoms with Crippen LogP contribution in [0.1, 0.15) is 15.9 Å². The van der Waals surface area contributed by atoms with Crippen LogP contribution in [0.3, 0.4) is 0 Å². The minimum absolute atomic E-state index is 0.204. The fourth-order valence-corrected chi connectivity index (χ4v) is 2.47. The molecule has 2 aromatic carbocycles. The third-order valence-electron chi connectivity index (χ3n) is 3.17. The van der Waals surface area contributed by atoms with Crippen LogP contribution in [0.4, 0.5) is 4.39 Å². The van der Waals surface area contributed by atoms with Gasteiger partial charge in [-0.1, -0.05) is 12.1 Å². The van der Waals surface area contributed by atoms with Crippen molar-refractivity contribution in [2.75, 3.05) is 0 Å². The first kappa shape index (κ1) is 14.5. The Balaban J connectivity index is 1.87. The van der Waals surface area contributed by atoms with E-state index in [-0.39, 0.29) is 17.3 Å². The summed E-state index contributed by atoms with van der Waals surface area (Å²) in [5.41, 5.74) is 2.08. The molecular weight excluding hydrogens is 351 g/mol. The third-order valence-corrected chi connectivity index (χ3v) is 3.78. The van der Waals surface area contributed by atoms with Crippen LogP contribution in [0.5, 0.6) is 0 Å². The predicted octanol–water partition coefficient (Wildman–Crippen LogP) is 3.65. The maximum atomic E-state index is 13.1. The standard InChI is InChI=1S/C16H10BrFN2O2/c17-11-7-9(1-4-12(11)18)2-6-15(21)10-3-5-13-14(8-10)20-16(22)19-13/h1-8H,(H2,19,20,22)/b6-2+. The first-order valence-corrected chi connectivity index (χ1v) is 7.22. The SMILES string of the molecule is O=C(/C=C/c1ccc(F)c(Br)c1)c1ccc2[nH]c(=O)[nH]c2c1. The van der Waals surface area contributed by atoms with Gasteiger partial charge in [0.1, 0.15) is 5.82 Å². The topological polar surface area (TPSA) is 65.7 Å². The van der Waals surface area contributed by atoms with Crippen LogP contribution in [0.2, 0.25) is 0 Å². The summed E-state index contributed by atoms with van der Waals surface area (Å²) in [6, 6.07) is 9.41. The van der Waals surface area contributed by atoms with Gasteiger partial charge in [0.25, 0.3) is 0 Å². The lowest BCUT2D eigenvalue weighted by Gasteiger charge is -1.98. The summed E-state index contributed by atoms with van der Waals surface area (Å²) < 4.78 is 13.5. The summed E-state index contributed by atoms with van der Waals surface area (Å²) in [5.74, 6) is -0.560. The number of hydrogen-bond acceptors (Lipinski definition) is 2. The van der Waals surface area contributed by atoms with E-state index in [1.54, 1.807) is 36.4 Å². The van der Waals surface area contributed by atoms with E-state index in [0.717, 1.165) is 0 Å². The molecule has 0 bridgehead atoms. The molecule has 0 radical (unpaired) electrons. The molecule has 0 aliphatic heterocycles. The van der Waals surface area contributed by atoms with E-state index >= 15 is 0 Å². The highest BCUT2D eigenvalue weighted by Gasteiger charge is 2.05. The Morgan fingerprint density at radius 2 is 1.86 bits per heavy atom. The monoisotopic (exact) mass is 360 g/mol. The summed E-state index contributed by atoms with van der Waals surface area (Å²) >= 11 is 3.10. The number of aromatic nitrogens is 2. The molecule has 0 saturated heterocycles. The van der Waals surface area contributed by atoms with Crippen LogP contribution in [0.25, 0.3) is 17.1 Å². The Bertz CT molecular complexity index is 956. The summed E-state index contributed by atoms with van der Waals surface area (Å²) in [4.78, 5) is 28.6. The highest BCUT2D eigenvalue weighted by molar-refractivity contribution is 9.10. The molecule has 22 heavy (non-hydrogen) atoms. The molecule has 0 atom stereocenters. The van der Waals surface area contributed by atoms with Gasteiger partial charge in [0.05, 0.1) is 15.5 Å². The van der Waals surface area contributed by atoms with Gasteiger partial charge in [-0.2, -0.15) is 0 Å². The largest absolute Gasteiger partial charge is 0.323 e. The highest BCUT2D eigenvalue weighted by Crippen LogP contribution is 2.18. The number of carbonyl (C=O) groups excluding carboxylic acids is 1. The number of rotatable bonds is 3. The van der Waals surface area contributed by atoms with Gasteiger partial charge >= 0.3 is 5.69 Å². The number of ketones is 1. The molecule has 0 fully saturated rings. The van der Waals surface area contributed by atoms with Crippen molar-refractivity contribution in [2.24, 2.45) is 0 Å². The van der Waals surface area contributed by atoms with Crippen LogP contribution in [0, 0.1) is 5.82 Å². The van der Waals surface area contributed by atoms with Crippen molar-refractivity contribution in [3.8, 4) is 0 Å². The van der Waals surface area contributed by atoms with Crippen molar-refractivity contribution in [3.63, 3.8) is 0 Å². The number of allylic oxidation sites excluding steroid dienone is 1. The van der Waals surface area contributed by atoms with Gasteiger partial charge in [0, 0.05) is 5.56 Å². The van der Waals surface area contributed by atoms with Crippen molar-refractivity contribution in [3.05, 3.63) is 74.4 Å². The maximum absolute atomic E-state index is 13.1. The average molecular weight is 361 g/mol. The Kier molecular flexibility index (Phi) is 3.77.